The van der Waals surface area contributed by atoms with Crippen molar-refractivity contribution in [3.63, 3.8) is 0 Å². The van der Waals surface area contributed by atoms with Crippen molar-refractivity contribution in [2.24, 2.45) is 0 Å². The Hall–Kier alpha value is -3.00. The number of hydrogen-bond donors (Lipinski definition) is 1. The molecule has 1 aliphatic heterocycles. The molecule has 8 heteroatoms. The van der Waals surface area contributed by atoms with Gasteiger partial charge in [-0.05, 0) is 24.3 Å². The first kappa shape index (κ1) is 19.0. The molecule has 1 aromatic heterocycles. The van der Waals surface area contributed by atoms with Crippen molar-refractivity contribution in [2.75, 3.05) is 18.9 Å². The Morgan fingerprint density at radius 1 is 1.13 bits per heavy atom. The van der Waals surface area contributed by atoms with E-state index in [9.17, 15) is 14.4 Å². The second kappa shape index (κ2) is 7.05. The second-order valence-electron chi connectivity index (χ2n) is 8.03. The van der Waals surface area contributed by atoms with Crippen LogP contribution in [0.2, 0.25) is 0 Å². The van der Waals surface area contributed by atoms with E-state index in [1.165, 1.54) is 16.2 Å². The highest BCUT2D eigenvalue weighted by Gasteiger charge is 2.55. The number of carbonyl (C=O) groups is 3. The monoisotopic (exact) mass is 422 g/mol. The first-order valence-corrected chi connectivity index (χ1v) is 11.0. The molecule has 4 amide bonds. The van der Waals surface area contributed by atoms with Crippen LogP contribution in [0.25, 0.3) is 21.0 Å². The van der Waals surface area contributed by atoms with Crippen LogP contribution in [0.5, 0.6) is 0 Å². The molecule has 3 aromatic rings. The van der Waals surface area contributed by atoms with Crippen molar-refractivity contribution in [3.8, 4) is 0 Å². The van der Waals surface area contributed by atoms with E-state index >= 15 is 0 Å². The summed E-state index contributed by atoms with van der Waals surface area (Å²) >= 11 is 1.38. The fraction of sp³-hybridized carbons (Fsp3) is 0.364. The highest BCUT2D eigenvalue weighted by molar-refractivity contribution is 7.22. The molecule has 0 atom stereocenters. The van der Waals surface area contributed by atoms with Gasteiger partial charge >= 0.3 is 6.03 Å². The summed E-state index contributed by atoms with van der Waals surface area (Å²) in [4.78, 5) is 45.6. The molecule has 1 N–H and O–H groups in total. The highest BCUT2D eigenvalue weighted by Crippen LogP contribution is 2.39. The minimum absolute atomic E-state index is 0.250. The van der Waals surface area contributed by atoms with E-state index in [-0.39, 0.29) is 12.5 Å². The second-order valence-corrected chi connectivity index (χ2v) is 9.06. The van der Waals surface area contributed by atoms with Gasteiger partial charge in [-0.3, -0.25) is 14.5 Å². The number of thiazole rings is 1. The topological polar surface area (TPSA) is 82.6 Å². The number of carbonyl (C=O) groups excluding carboxylic acids is 3. The number of benzene rings is 2. The lowest BCUT2D eigenvalue weighted by Crippen LogP contribution is -2.49. The van der Waals surface area contributed by atoms with Crippen LogP contribution in [-0.4, -0.2) is 51.8 Å². The van der Waals surface area contributed by atoms with Crippen LogP contribution in [0.4, 0.5) is 9.93 Å². The van der Waals surface area contributed by atoms with E-state index in [2.05, 4.69) is 10.3 Å². The third-order valence-corrected chi connectivity index (χ3v) is 7.25. The molecule has 1 spiro atoms. The van der Waals surface area contributed by atoms with Gasteiger partial charge in [-0.2, -0.15) is 0 Å². The standard InChI is InChI=1S/C22H22N4O3S/c1-25-21(29)26(19(28)22(25)11-5-2-6-12-22)13-17(27)23-20-24-18-15-8-4-3-7-14(15)9-10-16(18)30-20/h3-4,7-10H,2,5-6,11-13H2,1H3,(H,23,24,27). The number of nitrogens with one attached hydrogen (secondary N) is 1. The number of amides is 4. The molecule has 5 rings (SSSR count). The SMILES string of the molecule is CN1C(=O)N(CC(=O)Nc2nc3c(ccc4ccccc43)s2)C(=O)C12CCCCC2. The Morgan fingerprint density at radius 3 is 2.70 bits per heavy atom. The van der Waals surface area contributed by atoms with Gasteiger partial charge in [-0.1, -0.05) is 60.9 Å². The zero-order chi connectivity index (χ0) is 20.9. The number of fused-ring (bicyclic) bond motifs is 3. The molecule has 2 aromatic carbocycles. The lowest BCUT2D eigenvalue weighted by atomic mass is 9.81. The lowest BCUT2D eigenvalue weighted by Gasteiger charge is -2.35. The largest absolute Gasteiger partial charge is 0.327 e. The van der Waals surface area contributed by atoms with Crippen LogP contribution in [0.1, 0.15) is 32.1 Å². The lowest BCUT2D eigenvalue weighted by molar-refractivity contribution is -0.136. The fourth-order valence-corrected chi connectivity index (χ4v) is 5.59. The van der Waals surface area contributed by atoms with E-state index in [4.69, 9.17) is 0 Å². The maximum atomic E-state index is 13.0. The van der Waals surface area contributed by atoms with Gasteiger partial charge in [0.1, 0.15) is 12.1 Å². The normalized spacial score (nSPS) is 18.7. The molecule has 1 saturated carbocycles. The van der Waals surface area contributed by atoms with Gasteiger partial charge in [0, 0.05) is 12.4 Å². The maximum Gasteiger partial charge on any atom is 0.327 e. The zero-order valence-electron chi connectivity index (χ0n) is 16.7. The molecule has 1 saturated heterocycles. The van der Waals surface area contributed by atoms with Crippen molar-refractivity contribution < 1.29 is 14.4 Å². The molecule has 2 aliphatic rings. The summed E-state index contributed by atoms with van der Waals surface area (Å²) in [5.74, 6) is -0.665. The minimum atomic E-state index is -0.773. The molecule has 2 heterocycles. The van der Waals surface area contributed by atoms with Crippen LogP contribution in [0.15, 0.2) is 36.4 Å². The van der Waals surface area contributed by atoms with Crippen LogP contribution in [-0.2, 0) is 9.59 Å². The maximum absolute atomic E-state index is 13.0. The molecule has 0 bridgehead atoms. The molecular formula is C22H22N4O3S. The molecule has 0 radical (unpaired) electrons. The number of nitrogens with zero attached hydrogens (tertiary/aromatic N) is 3. The summed E-state index contributed by atoms with van der Waals surface area (Å²) in [5, 5.41) is 5.35. The van der Waals surface area contributed by atoms with Crippen molar-refractivity contribution in [1.29, 1.82) is 0 Å². The quantitative estimate of drug-likeness (QED) is 0.647. The summed E-state index contributed by atoms with van der Waals surface area (Å²) in [6, 6.07) is 11.6. The number of aromatic nitrogens is 1. The fourth-order valence-electron chi connectivity index (χ4n) is 4.69. The Morgan fingerprint density at radius 2 is 1.90 bits per heavy atom. The molecule has 30 heavy (non-hydrogen) atoms. The van der Waals surface area contributed by atoms with E-state index in [0.29, 0.717) is 18.0 Å². The predicted molar refractivity (Wildman–Crippen MR) is 116 cm³/mol. The first-order valence-electron chi connectivity index (χ1n) is 10.2. The Balaban J connectivity index is 1.35. The smallest absolute Gasteiger partial charge is 0.313 e. The van der Waals surface area contributed by atoms with Crippen LogP contribution in [0.3, 0.4) is 0 Å². The number of anilines is 1. The number of rotatable bonds is 3. The summed E-state index contributed by atoms with van der Waals surface area (Å²) in [5.41, 5.74) is 0.0623. The Bertz CT molecular complexity index is 1180. The molecule has 1 aliphatic carbocycles. The van der Waals surface area contributed by atoms with E-state index in [1.807, 2.05) is 36.4 Å². The van der Waals surface area contributed by atoms with E-state index in [1.54, 1.807) is 7.05 Å². The number of hydrogen-bond acceptors (Lipinski definition) is 5. The molecule has 154 valence electrons. The minimum Gasteiger partial charge on any atom is -0.313 e. The van der Waals surface area contributed by atoms with E-state index in [0.717, 1.165) is 45.2 Å². The number of likely N-dealkylation sites (N-methyl/N-ethyl adjacent to an activating group) is 1. The average molecular weight is 423 g/mol. The summed E-state index contributed by atoms with van der Waals surface area (Å²) in [6.07, 6.45) is 4.24. The summed E-state index contributed by atoms with van der Waals surface area (Å²) in [6.45, 7) is -0.291. The van der Waals surface area contributed by atoms with Gasteiger partial charge in [0.2, 0.25) is 5.91 Å². The Kier molecular flexibility index (Phi) is 4.47. The molecular weight excluding hydrogens is 400 g/mol. The third-order valence-electron chi connectivity index (χ3n) is 6.32. The van der Waals surface area contributed by atoms with Gasteiger partial charge < -0.3 is 10.2 Å². The van der Waals surface area contributed by atoms with Crippen molar-refractivity contribution in [3.05, 3.63) is 36.4 Å². The number of urea groups is 1. The van der Waals surface area contributed by atoms with Gasteiger partial charge in [0.05, 0.1) is 10.2 Å². The van der Waals surface area contributed by atoms with E-state index < -0.39 is 17.5 Å². The van der Waals surface area contributed by atoms with Crippen LogP contribution >= 0.6 is 11.3 Å². The summed E-state index contributed by atoms with van der Waals surface area (Å²) < 4.78 is 0.971. The first-order chi connectivity index (χ1) is 14.5. The number of imide groups is 1. The molecule has 0 unspecified atom stereocenters. The zero-order valence-corrected chi connectivity index (χ0v) is 17.5. The van der Waals surface area contributed by atoms with Gasteiger partial charge in [0.25, 0.3) is 5.91 Å². The van der Waals surface area contributed by atoms with Gasteiger partial charge in [-0.25, -0.2) is 9.78 Å². The highest BCUT2D eigenvalue weighted by atomic mass is 32.1. The van der Waals surface area contributed by atoms with Crippen LogP contribution < -0.4 is 5.32 Å². The van der Waals surface area contributed by atoms with Crippen molar-refractivity contribution >= 4 is 55.3 Å². The average Bonchev–Trinajstić information content (AvgIpc) is 3.25. The molecule has 7 nitrogen and oxygen atoms in total. The third kappa shape index (κ3) is 2.86. The Labute approximate surface area is 177 Å². The predicted octanol–water partition coefficient (Wildman–Crippen LogP) is 3.98. The molecule has 2 fully saturated rings. The van der Waals surface area contributed by atoms with Crippen molar-refractivity contribution in [2.45, 2.75) is 37.6 Å². The summed E-state index contributed by atoms with van der Waals surface area (Å²) in [7, 11) is 1.67. The van der Waals surface area contributed by atoms with Gasteiger partial charge in [0.15, 0.2) is 5.13 Å². The van der Waals surface area contributed by atoms with Gasteiger partial charge in [-0.15, -0.1) is 0 Å². The van der Waals surface area contributed by atoms with Crippen LogP contribution in [0, 0.1) is 0 Å². The van der Waals surface area contributed by atoms with Crippen molar-refractivity contribution in [1.82, 2.24) is 14.8 Å².